The van der Waals surface area contributed by atoms with Crippen LogP contribution in [0.15, 0.2) is 45.9 Å². The quantitative estimate of drug-likeness (QED) is 0.528. The molecule has 2 aromatic heterocycles. The molecule has 0 aromatic carbocycles. The third-order valence-corrected chi connectivity index (χ3v) is 7.09. The number of piperidine rings is 2. The van der Waals surface area contributed by atoms with Gasteiger partial charge in [-0.3, -0.25) is 19.6 Å². The molecule has 2 saturated heterocycles. The van der Waals surface area contributed by atoms with Gasteiger partial charge in [-0.25, -0.2) is 0 Å². The minimum atomic E-state index is -0.631. The Balaban J connectivity index is 0.000000204. The van der Waals surface area contributed by atoms with Gasteiger partial charge < -0.3 is 14.9 Å². The van der Waals surface area contributed by atoms with E-state index in [1.165, 1.54) is 5.56 Å². The molecule has 4 heterocycles. The summed E-state index contributed by atoms with van der Waals surface area (Å²) in [4.78, 5) is 35.0. The van der Waals surface area contributed by atoms with Crippen LogP contribution >= 0.6 is 31.9 Å². The van der Waals surface area contributed by atoms with Gasteiger partial charge in [0.05, 0.1) is 5.92 Å². The summed E-state index contributed by atoms with van der Waals surface area (Å²) >= 11 is 6.68. The lowest BCUT2D eigenvalue weighted by atomic mass is 9.90. The minimum Gasteiger partial charge on any atom is -0.481 e. The first-order chi connectivity index (χ1) is 16.6. The van der Waals surface area contributed by atoms with Crippen LogP contribution in [0, 0.1) is 18.8 Å². The van der Waals surface area contributed by atoms with E-state index in [1.807, 2.05) is 32.3 Å². The molecule has 1 N–H and O–H groups in total. The maximum absolute atomic E-state index is 12.1. The maximum atomic E-state index is 12.1. The van der Waals surface area contributed by atoms with Crippen molar-refractivity contribution in [2.45, 2.75) is 39.0 Å². The number of aromatic nitrogens is 2. The number of hydrogen-bond acceptors (Lipinski definition) is 6. The molecule has 0 saturated carbocycles. The molecule has 0 radical (unpaired) electrons. The molecule has 2 aromatic rings. The third kappa shape index (κ3) is 11.7. The SMILES string of the molecule is CN1CCC(C(=O)Cc2cncc(Br)c2)CC1.CN1CCC(C(=O)O)CC1.Cc1cncc(Br)c1. The summed E-state index contributed by atoms with van der Waals surface area (Å²) in [7, 11) is 4.14. The van der Waals surface area contributed by atoms with Crippen LogP contribution in [0.4, 0.5) is 0 Å². The zero-order valence-electron chi connectivity index (χ0n) is 20.8. The largest absolute Gasteiger partial charge is 0.481 e. The zero-order chi connectivity index (χ0) is 25.8. The van der Waals surface area contributed by atoms with Crippen LogP contribution in [0.2, 0.25) is 0 Å². The van der Waals surface area contributed by atoms with Crippen LogP contribution in [-0.2, 0) is 16.0 Å². The van der Waals surface area contributed by atoms with Crippen LogP contribution in [0.1, 0.15) is 36.8 Å². The van der Waals surface area contributed by atoms with Gasteiger partial charge in [0, 0.05) is 46.1 Å². The highest BCUT2D eigenvalue weighted by atomic mass is 79.9. The highest BCUT2D eigenvalue weighted by molar-refractivity contribution is 9.10. The lowest BCUT2D eigenvalue weighted by Crippen LogP contribution is -2.34. The molecule has 35 heavy (non-hydrogen) atoms. The standard InChI is InChI=1S/C13H17BrN2O.C7H13NO2.C6H6BrN/c1-16-4-2-11(3-5-16)13(17)7-10-6-12(14)9-15-8-10;1-8-4-2-6(3-5-8)7(9)10;1-5-2-6(7)4-8-3-5/h6,8-9,11H,2-5,7H2,1H3;6H,2-5H2,1H3,(H,9,10);2-4H,1H3. The number of pyridine rings is 2. The molecular weight excluding hydrogens is 576 g/mol. The molecule has 0 amide bonds. The van der Waals surface area contributed by atoms with Crippen molar-refractivity contribution >= 4 is 43.6 Å². The van der Waals surface area contributed by atoms with Gasteiger partial charge >= 0.3 is 5.97 Å². The van der Waals surface area contributed by atoms with E-state index in [9.17, 15) is 9.59 Å². The molecule has 2 aliphatic heterocycles. The fourth-order valence-corrected chi connectivity index (χ4v) is 4.89. The van der Waals surface area contributed by atoms with E-state index in [4.69, 9.17) is 5.11 Å². The van der Waals surface area contributed by atoms with Crippen molar-refractivity contribution in [2.24, 2.45) is 11.8 Å². The molecule has 2 fully saturated rings. The van der Waals surface area contributed by atoms with E-state index in [1.54, 1.807) is 18.6 Å². The molecule has 0 aliphatic carbocycles. The van der Waals surface area contributed by atoms with Gasteiger partial charge in [-0.05, 0) is 128 Å². The van der Waals surface area contributed by atoms with E-state index < -0.39 is 5.97 Å². The summed E-state index contributed by atoms with van der Waals surface area (Å²) in [6.07, 6.45) is 11.2. The second kappa shape index (κ2) is 15.4. The van der Waals surface area contributed by atoms with Crippen LogP contribution < -0.4 is 0 Å². The Morgan fingerprint density at radius 2 is 1.34 bits per heavy atom. The van der Waals surface area contributed by atoms with Crippen molar-refractivity contribution in [1.82, 2.24) is 19.8 Å². The summed E-state index contributed by atoms with van der Waals surface area (Å²) in [5.41, 5.74) is 2.18. The highest BCUT2D eigenvalue weighted by Crippen LogP contribution is 2.20. The number of halogens is 2. The number of ketones is 1. The van der Waals surface area contributed by atoms with Crippen LogP contribution in [-0.4, -0.2) is 76.9 Å². The average Bonchev–Trinajstić information content (AvgIpc) is 2.80. The second-order valence-electron chi connectivity index (χ2n) is 9.33. The van der Waals surface area contributed by atoms with Crippen molar-refractivity contribution < 1.29 is 14.7 Å². The van der Waals surface area contributed by atoms with Gasteiger partial charge in [0.25, 0.3) is 0 Å². The maximum Gasteiger partial charge on any atom is 0.306 e. The number of nitrogens with zero attached hydrogens (tertiary/aromatic N) is 4. The van der Waals surface area contributed by atoms with E-state index in [2.05, 4.69) is 58.7 Å². The van der Waals surface area contributed by atoms with Crippen molar-refractivity contribution in [3.8, 4) is 0 Å². The summed E-state index contributed by atoms with van der Waals surface area (Å²) in [5.74, 6) is -0.118. The van der Waals surface area contributed by atoms with E-state index in [0.29, 0.717) is 12.2 Å². The Bertz CT molecular complexity index is 926. The van der Waals surface area contributed by atoms with Crippen molar-refractivity contribution in [1.29, 1.82) is 0 Å². The van der Waals surface area contributed by atoms with Crippen LogP contribution in [0.3, 0.4) is 0 Å². The first-order valence-corrected chi connectivity index (χ1v) is 13.5. The van der Waals surface area contributed by atoms with Gasteiger partial charge in [-0.15, -0.1) is 0 Å². The molecule has 4 rings (SSSR count). The zero-order valence-corrected chi connectivity index (χ0v) is 24.0. The molecule has 9 heteroatoms. The number of carboxylic acids is 1. The van der Waals surface area contributed by atoms with Gasteiger partial charge in [-0.1, -0.05) is 0 Å². The smallest absolute Gasteiger partial charge is 0.306 e. The van der Waals surface area contributed by atoms with Gasteiger partial charge in [-0.2, -0.15) is 0 Å². The first-order valence-electron chi connectivity index (χ1n) is 11.9. The summed E-state index contributed by atoms with van der Waals surface area (Å²) < 4.78 is 1.98. The molecule has 0 spiro atoms. The van der Waals surface area contributed by atoms with E-state index >= 15 is 0 Å². The van der Waals surface area contributed by atoms with Crippen molar-refractivity contribution in [3.05, 3.63) is 57.0 Å². The Morgan fingerprint density at radius 3 is 1.77 bits per heavy atom. The summed E-state index contributed by atoms with van der Waals surface area (Å²) in [5, 5.41) is 8.61. The van der Waals surface area contributed by atoms with E-state index in [0.717, 1.165) is 66.4 Å². The molecule has 2 aliphatic rings. The molecule has 7 nitrogen and oxygen atoms in total. The molecule has 0 unspecified atom stereocenters. The number of aliphatic carboxylic acids is 1. The number of carbonyl (C=O) groups excluding carboxylic acids is 1. The van der Waals surface area contributed by atoms with Crippen LogP contribution in [0.25, 0.3) is 0 Å². The number of rotatable bonds is 4. The molecule has 192 valence electrons. The lowest BCUT2D eigenvalue weighted by molar-refractivity contribution is -0.143. The monoisotopic (exact) mass is 610 g/mol. The first kappa shape index (κ1) is 29.5. The number of hydrogen-bond donors (Lipinski definition) is 1. The van der Waals surface area contributed by atoms with Crippen molar-refractivity contribution in [3.63, 3.8) is 0 Å². The fourth-order valence-electron chi connectivity index (χ4n) is 4.00. The average molecular weight is 612 g/mol. The predicted octanol–water partition coefficient (Wildman–Crippen LogP) is 4.86. The second-order valence-corrected chi connectivity index (χ2v) is 11.2. The Hall–Kier alpha value is -1.68. The molecule has 0 bridgehead atoms. The highest BCUT2D eigenvalue weighted by Gasteiger charge is 2.23. The van der Waals surface area contributed by atoms with Crippen molar-refractivity contribution in [2.75, 3.05) is 40.3 Å². The fraction of sp³-hybridized carbons (Fsp3) is 0.538. The Morgan fingerprint density at radius 1 is 0.857 bits per heavy atom. The van der Waals surface area contributed by atoms with Gasteiger partial charge in [0.1, 0.15) is 5.78 Å². The number of likely N-dealkylation sites (tertiary alicyclic amines) is 2. The van der Waals surface area contributed by atoms with Gasteiger partial charge in [0.2, 0.25) is 0 Å². The Kier molecular flexibility index (Phi) is 13.0. The van der Waals surface area contributed by atoms with Gasteiger partial charge in [0.15, 0.2) is 0 Å². The number of aryl methyl sites for hydroxylation is 1. The summed E-state index contributed by atoms with van der Waals surface area (Å²) in [6.45, 7) is 5.94. The van der Waals surface area contributed by atoms with E-state index in [-0.39, 0.29) is 11.8 Å². The topological polar surface area (TPSA) is 86.6 Å². The predicted molar refractivity (Wildman–Crippen MR) is 145 cm³/mol. The lowest BCUT2D eigenvalue weighted by Gasteiger charge is -2.27. The Labute approximate surface area is 225 Å². The minimum absolute atomic E-state index is 0.0869. The number of Topliss-reactive ketones (excluding diaryl/α,β-unsaturated/α-hetero) is 1. The number of carboxylic acid groups (broad SMARTS) is 1. The normalized spacial score (nSPS) is 17.5. The molecule has 0 atom stereocenters. The molecular formula is C26H36Br2N4O3. The third-order valence-electron chi connectivity index (χ3n) is 6.22. The number of carbonyl (C=O) groups is 2. The summed E-state index contributed by atoms with van der Waals surface area (Å²) in [6, 6.07) is 3.99. The van der Waals surface area contributed by atoms with Crippen LogP contribution in [0.5, 0.6) is 0 Å².